The van der Waals surface area contributed by atoms with Crippen molar-refractivity contribution in [2.24, 2.45) is 0 Å². The zero-order chi connectivity index (χ0) is 31.9. The normalized spacial score (nSPS) is 17.9. The quantitative estimate of drug-likeness (QED) is 0.245. The molecule has 0 saturated heterocycles. The number of aromatic nitrogens is 2. The molecule has 0 saturated carbocycles. The summed E-state index contributed by atoms with van der Waals surface area (Å²) in [5.41, 5.74) is -0.838. The number of ether oxygens (including phenoxy) is 1. The Morgan fingerprint density at radius 1 is 1.11 bits per heavy atom. The number of nitrogens with zero attached hydrogens (tertiary/aromatic N) is 2. The van der Waals surface area contributed by atoms with Crippen LogP contribution in [0.2, 0.25) is 5.02 Å². The lowest BCUT2D eigenvalue weighted by Crippen LogP contribution is -2.53. The molecular weight excluding hydrogens is 621 g/mol. The summed E-state index contributed by atoms with van der Waals surface area (Å²) in [6, 6.07) is 16.1. The van der Waals surface area contributed by atoms with Gasteiger partial charge in [-0.15, -0.1) is 0 Å². The van der Waals surface area contributed by atoms with Crippen molar-refractivity contribution in [1.29, 1.82) is 0 Å². The zero-order valence-corrected chi connectivity index (χ0v) is 25.0. The second-order valence-electron chi connectivity index (χ2n) is 10.7. The van der Waals surface area contributed by atoms with Gasteiger partial charge in [0, 0.05) is 30.1 Å². The summed E-state index contributed by atoms with van der Waals surface area (Å²) >= 11 is 6.09. The number of sulfonamides is 1. The number of carbonyl (C=O) groups excluding carboxylic acids is 1. The molecule has 5 rings (SSSR count). The summed E-state index contributed by atoms with van der Waals surface area (Å²) in [6.07, 6.45) is -3.66. The Kier molecular flexibility index (Phi) is 8.51. The first-order valence-corrected chi connectivity index (χ1v) is 15.3. The summed E-state index contributed by atoms with van der Waals surface area (Å²) in [4.78, 5) is 16.7. The third kappa shape index (κ3) is 6.46. The maximum Gasteiger partial charge on any atom is 0.417 e. The summed E-state index contributed by atoms with van der Waals surface area (Å²) in [6.45, 7) is 3.53. The van der Waals surface area contributed by atoms with Crippen LogP contribution < -0.4 is 14.8 Å². The number of aliphatic hydroxyl groups is 1. The number of nitrogens with one attached hydrogen (secondary N) is 2. The molecule has 0 spiro atoms. The van der Waals surface area contributed by atoms with Gasteiger partial charge in [-0.05, 0) is 62.2 Å². The van der Waals surface area contributed by atoms with Gasteiger partial charge in [0.15, 0.2) is 10.8 Å². The van der Waals surface area contributed by atoms with Gasteiger partial charge in [0.05, 0.1) is 16.6 Å². The van der Waals surface area contributed by atoms with Crippen LogP contribution in [0.5, 0.6) is 5.75 Å². The van der Waals surface area contributed by atoms with Crippen LogP contribution in [0.3, 0.4) is 0 Å². The topological polar surface area (TPSA) is 123 Å². The molecule has 2 atom stereocenters. The summed E-state index contributed by atoms with van der Waals surface area (Å²) in [5.74, 6) is -0.383. The summed E-state index contributed by atoms with van der Waals surface area (Å²) < 4.78 is 76.3. The van der Waals surface area contributed by atoms with E-state index >= 15 is 0 Å². The molecule has 0 bridgehead atoms. The van der Waals surface area contributed by atoms with Crippen molar-refractivity contribution in [2.45, 2.75) is 49.2 Å². The monoisotopic (exact) mass is 648 g/mol. The molecule has 4 aromatic rings. The second kappa shape index (κ2) is 11.9. The number of aliphatic hydroxyl groups excluding tert-OH is 1. The fourth-order valence-corrected chi connectivity index (χ4v) is 6.52. The molecule has 14 heteroatoms. The minimum absolute atomic E-state index is 0.222. The number of benzene rings is 2. The highest BCUT2D eigenvalue weighted by atomic mass is 35.5. The Hall–Kier alpha value is -3.91. The zero-order valence-electron chi connectivity index (χ0n) is 23.5. The number of rotatable bonds is 8. The lowest BCUT2D eigenvalue weighted by Gasteiger charge is -2.42. The third-order valence-electron chi connectivity index (χ3n) is 7.20. The van der Waals surface area contributed by atoms with Crippen molar-refractivity contribution in [3.05, 3.63) is 106 Å². The number of alkyl halides is 3. The van der Waals surface area contributed by atoms with Gasteiger partial charge in [-0.25, -0.2) is 13.4 Å². The molecule has 0 radical (unpaired) electrons. The highest BCUT2D eigenvalue weighted by Crippen LogP contribution is 2.41. The molecule has 9 nitrogen and oxygen atoms in total. The molecule has 1 amide bonds. The molecule has 0 unspecified atom stereocenters. The van der Waals surface area contributed by atoms with Gasteiger partial charge in [-0.3, -0.25) is 9.36 Å². The molecule has 2 aromatic carbocycles. The number of fused-ring (bicyclic) bond motifs is 1. The van der Waals surface area contributed by atoms with Gasteiger partial charge in [0.1, 0.15) is 17.5 Å². The number of hydrogen-bond acceptors (Lipinski definition) is 6. The average molecular weight is 649 g/mol. The predicted octanol–water partition coefficient (Wildman–Crippen LogP) is 5.07. The van der Waals surface area contributed by atoms with Crippen molar-refractivity contribution in [1.82, 2.24) is 19.6 Å². The van der Waals surface area contributed by atoms with E-state index < -0.39 is 50.4 Å². The maximum absolute atomic E-state index is 13.7. The highest BCUT2D eigenvalue weighted by Gasteiger charge is 2.45. The minimum Gasteiger partial charge on any atom is -0.485 e. The van der Waals surface area contributed by atoms with Gasteiger partial charge >= 0.3 is 6.18 Å². The van der Waals surface area contributed by atoms with Crippen LogP contribution in [0.1, 0.15) is 46.9 Å². The van der Waals surface area contributed by atoms with Crippen LogP contribution in [-0.2, 0) is 22.6 Å². The van der Waals surface area contributed by atoms with Gasteiger partial charge in [-0.2, -0.15) is 17.9 Å². The molecule has 44 heavy (non-hydrogen) atoms. The van der Waals surface area contributed by atoms with Crippen LogP contribution in [-0.4, -0.2) is 47.2 Å². The summed E-state index contributed by atoms with van der Waals surface area (Å²) in [7, 11) is -4.48. The molecular formula is C30H28ClF3N4O5S. The number of pyridine rings is 1. The van der Waals surface area contributed by atoms with Crippen LogP contribution >= 0.6 is 11.6 Å². The Balaban J connectivity index is 1.43. The molecule has 232 valence electrons. The lowest BCUT2D eigenvalue weighted by atomic mass is 9.86. The number of halogens is 4. The molecule has 1 aliphatic rings. The Morgan fingerprint density at radius 3 is 2.52 bits per heavy atom. The fourth-order valence-electron chi connectivity index (χ4n) is 4.89. The van der Waals surface area contributed by atoms with Crippen molar-refractivity contribution in [3.63, 3.8) is 0 Å². The van der Waals surface area contributed by atoms with E-state index in [1.807, 2.05) is 30.3 Å². The average Bonchev–Trinajstić information content (AvgIpc) is 3.46. The number of hydrogen-bond donors (Lipinski definition) is 3. The van der Waals surface area contributed by atoms with Gasteiger partial charge in [0.25, 0.3) is 15.9 Å². The Labute approximate surface area is 256 Å². The van der Waals surface area contributed by atoms with E-state index in [-0.39, 0.29) is 27.7 Å². The molecule has 0 fully saturated rings. The second-order valence-corrected chi connectivity index (χ2v) is 12.8. The van der Waals surface area contributed by atoms with E-state index in [1.54, 1.807) is 19.9 Å². The van der Waals surface area contributed by atoms with Crippen LogP contribution in [0.25, 0.3) is 5.82 Å². The smallest absolute Gasteiger partial charge is 0.417 e. The fraction of sp³-hybridized carbons (Fsp3) is 0.267. The van der Waals surface area contributed by atoms with E-state index in [0.717, 1.165) is 10.1 Å². The highest BCUT2D eigenvalue weighted by molar-refractivity contribution is 7.89. The number of amides is 1. The van der Waals surface area contributed by atoms with E-state index in [0.29, 0.717) is 25.2 Å². The van der Waals surface area contributed by atoms with Gasteiger partial charge in [0.2, 0.25) is 0 Å². The molecule has 3 N–H and O–H groups in total. The van der Waals surface area contributed by atoms with Gasteiger partial charge in [-0.1, -0.05) is 41.9 Å². The molecule has 2 aromatic heterocycles. The van der Waals surface area contributed by atoms with E-state index in [4.69, 9.17) is 16.3 Å². The Bertz CT molecular complexity index is 1800. The molecule has 0 aliphatic carbocycles. The van der Waals surface area contributed by atoms with Gasteiger partial charge < -0.3 is 15.2 Å². The molecule has 1 aliphatic heterocycles. The predicted molar refractivity (Wildman–Crippen MR) is 156 cm³/mol. The van der Waals surface area contributed by atoms with Crippen molar-refractivity contribution >= 4 is 27.5 Å². The van der Waals surface area contributed by atoms with E-state index in [2.05, 4.69) is 15.0 Å². The lowest BCUT2D eigenvalue weighted by molar-refractivity contribution is -0.137. The largest absolute Gasteiger partial charge is 0.485 e. The maximum atomic E-state index is 13.7. The van der Waals surface area contributed by atoms with Crippen LogP contribution in [0.15, 0.2) is 84.1 Å². The van der Waals surface area contributed by atoms with Crippen LogP contribution in [0, 0.1) is 0 Å². The van der Waals surface area contributed by atoms with E-state index in [9.17, 15) is 31.5 Å². The van der Waals surface area contributed by atoms with E-state index in [1.165, 1.54) is 30.5 Å². The minimum atomic E-state index is -4.70. The first-order valence-electron chi connectivity index (χ1n) is 13.4. The first-order chi connectivity index (χ1) is 20.7. The van der Waals surface area contributed by atoms with Crippen LogP contribution in [0.4, 0.5) is 13.2 Å². The first kappa shape index (κ1) is 31.5. The SMILES string of the molecule is CC1(C)Oc2ccc(C(=O)NCCc3ccccc3)cc2[C@@H](NS(=O)(=O)c2cccn2-c2ncc(C(F)(F)F)cc2Cl)[C@@H]1O. The Morgan fingerprint density at radius 2 is 1.84 bits per heavy atom. The van der Waals surface area contributed by atoms with Crippen molar-refractivity contribution in [2.75, 3.05) is 6.54 Å². The standard InChI is InChI=1S/C30H28ClF3N4O5S/c1-29(2)26(39)25(21-15-19(10-11-23(21)43-29)28(40)35-13-12-18-7-4-3-5-8-18)37-44(41,42)24-9-6-14-38(24)27-22(31)16-20(17-36-27)30(32,33)34/h3-11,14-17,25-26,37,39H,12-13H2,1-2H3,(H,35,40)/t25-,26+/m1/s1. The summed E-state index contributed by atoms with van der Waals surface area (Å²) in [5, 5.41) is 13.3. The molecule has 3 heterocycles. The third-order valence-corrected chi connectivity index (χ3v) is 8.92. The van der Waals surface area contributed by atoms with Crippen molar-refractivity contribution in [3.8, 4) is 11.6 Å². The number of carbonyl (C=O) groups is 1. The van der Waals surface area contributed by atoms with Crippen molar-refractivity contribution < 1.29 is 36.2 Å².